The molecule has 0 aliphatic carbocycles. The molecule has 0 bridgehead atoms. The zero-order valence-corrected chi connectivity index (χ0v) is 18.1. The highest BCUT2D eigenvalue weighted by Crippen LogP contribution is 1.72. The fourth-order valence-corrected chi connectivity index (χ4v) is 1.44. The Hall–Kier alpha value is -3.78. The Morgan fingerprint density at radius 3 is 1.50 bits per heavy atom. The zero-order valence-electron chi connectivity index (χ0n) is 18.1. The first kappa shape index (κ1) is 28.4. The van der Waals surface area contributed by atoms with E-state index in [1.807, 2.05) is 14.1 Å². The number of amides is 2. The Kier molecular flexibility index (Phi) is 23.9. The van der Waals surface area contributed by atoms with Crippen LogP contribution < -0.4 is 21.3 Å². The third kappa shape index (κ3) is 29.0. The molecule has 0 rings (SSSR count). The minimum Gasteiger partial charge on any atom is -0.356 e. The molecule has 0 saturated carbocycles. The van der Waals surface area contributed by atoms with Gasteiger partial charge >= 0.3 is 0 Å². The second-order valence-corrected chi connectivity index (χ2v) is 5.28. The van der Waals surface area contributed by atoms with Gasteiger partial charge in [0, 0.05) is 25.9 Å². The number of nitrogens with one attached hydrogen (secondary N) is 4. The maximum atomic E-state index is 11.2. The number of carbonyl (C=O) groups excluding carboxylic acids is 2. The van der Waals surface area contributed by atoms with Crippen molar-refractivity contribution in [2.24, 2.45) is 0 Å². The SMILES string of the molecule is CC#CC#CC#CC#CC#CC#CC(=O)NCCCNC.CNCCCNC(C)=O. The second-order valence-electron chi connectivity index (χ2n) is 5.28. The van der Waals surface area contributed by atoms with Crippen molar-refractivity contribution in [3.8, 4) is 71.0 Å². The molecule has 0 atom stereocenters. The van der Waals surface area contributed by atoms with Gasteiger partial charge in [0.25, 0.3) is 5.91 Å². The molecule has 4 N–H and O–H groups in total. The van der Waals surface area contributed by atoms with Crippen LogP contribution in [0, 0.1) is 71.0 Å². The van der Waals surface area contributed by atoms with Crippen LogP contribution in [0.15, 0.2) is 0 Å². The summed E-state index contributed by atoms with van der Waals surface area (Å²) in [7, 11) is 3.75. The molecular weight excluding hydrogens is 376 g/mol. The van der Waals surface area contributed by atoms with Crippen molar-refractivity contribution in [3.63, 3.8) is 0 Å². The monoisotopic (exact) mass is 404 g/mol. The van der Waals surface area contributed by atoms with Crippen molar-refractivity contribution in [1.82, 2.24) is 21.3 Å². The summed E-state index contributed by atoms with van der Waals surface area (Å²) in [5, 5.41) is 11.3. The van der Waals surface area contributed by atoms with E-state index in [0.29, 0.717) is 6.54 Å². The highest BCUT2D eigenvalue weighted by Gasteiger charge is 1.92. The summed E-state index contributed by atoms with van der Waals surface area (Å²) >= 11 is 0. The summed E-state index contributed by atoms with van der Waals surface area (Å²) in [5.74, 6) is 29.5. The molecule has 0 aliphatic rings. The third-order valence-corrected chi connectivity index (χ3v) is 2.73. The largest absolute Gasteiger partial charge is 0.356 e. The lowest BCUT2D eigenvalue weighted by atomic mass is 10.4. The van der Waals surface area contributed by atoms with Gasteiger partial charge in [-0.25, -0.2) is 0 Å². The second kappa shape index (κ2) is 25.2. The van der Waals surface area contributed by atoms with Crippen LogP contribution >= 0.6 is 0 Å². The van der Waals surface area contributed by atoms with Crippen LogP contribution in [0.25, 0.3) is 0 Å². The molecule has 6 nitrogen and oxygen atoms in total. The van der Waals surface area contributed by atoms with Gasteiger partial charge in [-0.1, -0.05) is 5.92 Å². The van der Waals surface area contributed by atoms with E-state index < -0.39 is 0 Å². The van der Waals surface area contributed by atoms with Crippen molar-refractivity contribution in [1.29, 1.82) is 0 Å². The van der Waals surface area contributed by atoms with E-state index in [-0.39, 0.29) is 11.8 Å². The molecule has 0 spiro atoms. The van der Waals surface area contributed by atoms with E-state index in [1.54, 1.807) is 6.92 Å². The molecule has 6 heteroatoms. The predicted molar refractivity (Wildman–Crippen MR) is 121 cm³/mol. The van der Waals surface area contributed by atoms with Crippen LogP contribution in [0.4, 0.5) is 0 Å². The first-order valence-electron chi connectivity index (χ1n) is 9.32. The Morgan fingerprint density at radius 1 is 0.633 bits per heavy atom. The summed E-state index contributed by atoms with van der Waals surface area (Å²) < 4.78 is 0. The van der Waals surface area contributed by atoms with Crippen molar-refractivity contribution in [2.45, 2.75) is 26.7 Å². The Bertz CT molecular complexity index is 883. The van der Waals surface area contributed by atoms with E-state index in [2.05, 4.69) is 92.3 Å². The maximum Gasteiger partial charge on any atom is 0.296 e. The fraction of sp³-hybridized carbons (Fsp3) is 0.417. The van der Waals surface area contributed by atoms with E-state index in [9.17, 15) is 9.59 Å². The molecule has 0 heterocycles. The maximum absolute atomic E-state index is 11.2. The molecule has 0 fully saturated rings. The van der Waals surface area contributed by atoms with Gasteiger partial charge < -0.3 is 21.3 Å². The van der Waals surface area contributed by atoms with Gasteiger partial charge in [0.1, 0.15) is 0 Å². The van der Waals surface area contributed by atoms with Crippen LogP contribution in [0.3, 0.4) is 0 Å². The van der Waals surface area contributed by atoms with Crippen LogP contribution in [0.5, 0.6) is 0 Å². The lowest BCUT2D eigenvalue weighted by Gasteiger charge is -1.99. The van der Waals surface area contributed by atoms with Crippen LogP contribution in [-0.2, 0) is 9.59 Å². The van der Waals surface area contributed by atoms with Gasteiger partial charge in [0.2, 0.25) is 5.91 Å². The third-order valence-electron chi connectivity index (χ3n) is 2.73. The van der Waals surface area contributed by atoms with Gasteiger partial charge in [0.05, 0.1) is 0 Å². The zero-order chi connectivity index (χ0) is 22.7. The Labute approximate surface area is 181 Å². The summed E-state index contributed by atoms with van der Waals surface area (Å²) in [6.07, 6.45) is 1.85. The van der Waals surface area contributed by atoms with Crippen molar-refractivity contribution in [3.05, 3.63) is 0 Å². The molecular formula is C24H28N4O2. The van der Waals surface area contributed by atoms with Crippen LogP contribution in [0.1, 0.15) is 26.7 Å². The summed E-state index contributed by atoms with van der Waals surface area (Å²) in [4.78, 5) is 21.5. The normalized spacial score (nSPS) is 7.07. The lowest BCUT2D eigenvalue weighted by Crippen LogP contribution is -2.25. The van der Waals surface area contributed by atoms with Crippen molar-refractivity contribution < 1.29 is 9.59 Å². The van der Waals surface area contributed by atoms with Gasteiger partial charge in [0.15, 0.2) is 0 Å². The molecule has 0 saturated heterocycles. The Morgan fingerprint density at radius 2 is 1.07 bits per heavy atom. The molecule has 0 unspecified atom stereocenters. The first-order valence-corrected chi connectivity index (χ1v) is 9.32. The molecule has 0 aromatic carbocycles. The highest BCUT2D eigenvalue weighted by atomic mass is 16.2. The van der Waals surface area contributed by atoms with E-state index in [0.717, 1.165) is 32.5 Å². The lowest BCUT2D eigenvalue weighted by molar-refractivity contribution is -0.119. The fourth-order valence-electron chi connectivity index (χ4n) is 1.44. The highest BCUT2D eigenvalue weighted by molar-refractivity contribution is 5.94. The van der Waals surface area contributed by atoms with Gasteiger partial charge in [-0.2, -0.15) is 0 Å². The average molecular weight is 405 g/mol. The molecule has 0 radical (unpaired) electrons. The number of rotatable bonds is 8. The quantitative estimate of drug-likeness (QED) is 0.324. The molecule has 0 aromatic rings. The first-order chi connectivity index (χ1) is 14.6. The van der Waals surface area contributed by atoms with E-state index in [4.69, 9.17) is 0 Å². The van der Waals surface area contributed by atoms with Gasteiger partial charge in [-0.05, 0) is 106 Å². The van der Waals surface area contributed by atoms with E-state index in [1.165, 1.54) is 6.92 Å². The molecule has 0 aromatic heterocycles. The minimum absolute atomic E-state index is 0.0473. The molecule has 0 aliphatic heterocycles. The van der Waals surface area contributed by atoms with E-state index >= 15 is 0 Å². The number of hydrogen-bond donors (Lipinski definition) is 4. The van der Waals surface area contributed by atoms with Crippen LogP contribution in [0.2, 0.25) is 0 Å². The van der Waals surface area contributed by atoms with Crippen molar-refractivity contribution >= 4 is 11.8 Å². The standard InChI is InChI=1S/C18H14N2O.C6H14N2O/c1-3-4-5-6-7-8-9-10-11-12-13-15-18(21)20-17-14-16-19-2;1-6(9)8-5-3-4-7-2/h19H,14,16-17H2,1-2H3,(H,20,21);7H,3-5H2,1-2H3,(H,8,9). The van der Waals surface area contributed by atoms with Crippen LogP contribution in [-0.4, -0.2) is 52.1 Å². The number of hydrogen-bond acceptors (Lipinski definition) is 4. The summed E-state index contributed by atoms with van der Waals surface area (Å²) in [6, 6.07) is 0. The Balaban J connectivity index is 0. The predicted octanol–water partition coefficient (Wildman–Crippen LogP) is -0.516. The summed E-state index contributed by atoms with van der Waals surface area (Å²) in [6.45, 7) is 6.39. The number of carbonyl (C=O) groups is 2. The smallest absolute Gasteiger partial charge is 0.296 e. The van der Waals surface area contributed by atoms with Crippen molar-refractivity contribution in [2.75, 3.05) is 40.3 Å². The average Bonchev–Trinajstić information content (AvgIpc) is 2.73. The van der Waals surface area contributed by atoms with Gasteiger partial charge in [-0.15, -0.1) is 0 Å². The molecule has 2 amide bonds. The summed E-state index contributed by atoms with van der Waals surface area (Å²) in [5.41, 5.74) is 0. The minimum atomic E-state index is -0.347. The topological polar surface area (TPSA) is 82.3 Å². The van der Waals surface area contributed by atoms with Gasteiger partial charge in [-0.3, -0.25) is 9.59 Å². The molecule has 30 heavy (non-hydrogen) atoms. The molecule has 156 valence electrons.